The van der Waals surface area contributed by atoms with E-state index in [-0.39, 0.29) is 0 Å². The zero-order valence-electron chi connectivity index (χ0n) is 13.1. The molecule has 0 aliphatic rings. The molecule has 8 heteroatoms. The lowest BCUT2D eigenvalue weighted by Gasteiger charge is -2.05. The third kappa shape index (κ3) is 3.52. The van der Waals surface area contributed by atoms with Crippen LogP contribution in [0.2, 0.25) is 0 Å². The van der Waals surface area contributed by atoms with Gasteiger partial charge in [0.1, 0.15) is 11.3 Å². The normalized spacial score (nSPS) is 12.0. The molecule has 0 unspecified atom stereocenters. The molecular formula is C17H13F3N4O. The number of halogens is 3. The summed E-state index contributed by atoms with van der Waals surface area (Å²) in [6.07, 6.45) is -1.40. The number of imidazole rings is 1. The number of alkyl halides is 3. The summed E-state index contributed by atoms with van der Waals surface area (Å²) in [5, 5.41) is 3.79. The van der Waals surface area contributed by atoms with Crippen molar-refractivity contribution in [1.29, 1.82) is 0 Å². The molecule has 5 nitrogen and oxygen atoms in total. The van der Waals surface area contributed by atoms with Crippen LogP contribution in [0, 0.1) is 6.92 Å². The van der Waals surface area contributed by atoms with E-state index in [1.165, 1.54) is 18.3 Å². The van der Waals surface area contributed by atoms with Crippen molar-refractivity contribution < 1.29 is 18.0 Å². The molecule has 1 amide bonds. The number of hydrogen-bond donors (Lipinski definition) is 1. The van der Waals surface area contributed by atoms with Gasteiger partial charge in [-0.1, -0.05) is 18.2 Å². The van der Waals surface area contributed by atoms with Crippen LogP contribution in [0.25, 0.3) is 5.65 Å². The number of nitrogens with zero attached hydrogens (tertiary/aromatic N) is 3. The molecule has 1 N–H and O–H groups in total. The van der Waals surface area contributed by atoms with Gasteiger partial charge in [-0.3, -0.25) is 9.20 Å². The van der Waals surface area contributed by atoms with Crippen LogP contribution in [0.5, 0.6) is 0 Å². The second-order valence-electron chi connectivity index (χ2n) is 5.29. The molecule has 0 saturated carbocycles. The van der Waals surface area contributed by atoms with E-state index in [9.17, 15) is 18.0 Å². The highest BCUT2D eigenvalue weighted by molar-refractivity contribution is 5.95. The van der Waals surface area contributed by atoms with E-state index in [1.807, 2.05) is 6.07 Å². The first-order valence-corrected chi connectivity index (χ1v) is 7.30. The van der Waals surface area contributed by atoms with Gasteiger partial charge in [0.25, 0.3) is 5.91 Å². The number of aryl methyl sites for hydroxylation is 1. The van der Waals surface area contributed by atoms with Crippen LogP contribution >= 0.6 is 0 Å². The van der Waals surface area contributed by atoms with Gasteiger partial charge in [-0.05, 0) is 36.8 Å². The number of hydrogen-bond acceptors (Lipinski definition) is 3. The second-order valence-corrected chi connectivity index (χ2v) is 5.29. The van der Waals surface area contributed by atoms with E-state index in [4.69, 9.17) is 0 Å². The number of fused-ring (bicyclic) bond motifs is 1. The number of carbonyl (C=O) groups excluding carboxylic acids is 1. The van der Waals surface area contributed by atoms with Crippen LogP contribution in [0.15, 0.2) is 53.8 Å². The topological polar surface area (TPSA) is 58.8 Å². The molecule has 128 valence electrons. The first-order chi connectivity index (χ1) is 11.9. The fourth-order valence-corrected chi connectivity index (χ4v) is 2.36. The molecule has 0 fully saturated rings. The summed E-state index contributed by atoms with van der Waals surface area (Å²) in [5.74, 6) is -0.459. The third-order valence-electron chi connectivity index (χ3n) is 3.54. The zero-order valence-corrected chi connectivity index (χ0v) is 13.1. The maximum atomic E-state index is 12.5. The maximum absolute atomic E-state index is 12.5. The van der Waals surface area contributed by atoms with Gasteiger partial charge in [0, 0.05) is 6.20 Å². The lowest BCUT2D eigenvalue weighted by Crippen LogP contribution is -2.20. The standard InChI is InChI=1S/C17H13F3N4O/c1-11-15(24-9-3-2-4-14(24)22-11)16(25)23-21-10-12-5-7-13(8-6-12)17(18,19)20/h2-10H,1H3,(H,23,25)/b21-10+. The lowest BCUT2D eigenvalue weighted by molar-refractivity contribution is -0.137. The van der Waals surface area contributed by atoms with Gasteiger partial charge in [-0.15, -0.1) is 0 Å². The van der Waals surface area contributed by atoms with Crippen molar-refractivity contribution >= 4 is 17.8 Å². The predicted octanol–water partition coefficient (Wildman–Crippen LogP) is 3.43. The minimum absolute atomic E-state index is 0.347. The van der Waals surface area contributed by atoms with Crippen LogP contribution in [-0.2, 0) is 6.18 Å². The van der Waals surface area contributed by atoms with Crippen LogP contribution in [-0.4, -0.2) is 21.5 Å². The van der Waals surface area contributed by atoms with Crippen molar-refractivity contribution in [3.05, 3.63) is 71.2 Å². The molecule has 3 aromatic rings. The number of benzene rings is 1. The minimum Gasteiger partial charge on any atom is -0.295 e. The second kappa shape index (κ2) is 6.39. The quantitative estimate of drug-likeness (QED) is 0.583. The number of nitrogens with one attached hydrogen (secondary N) is 1. The fourth-order valence-electron chi connectivity index (χ4n) is 2.36. The Kier molecular flexibility index (Phi) is 4.26. The average Bonchev–Trinajstić information content (AvgIpc) is 2.90. The lowest BCUT2D eigenvalue weighted by atomic mass is 10.1. The van der Waals surface area contributed by atoms with Gasteiger partial charge in [-0.25, -0.2) is 10.4 Å². The van der Waals surface area contributed by atoms with Crippen LogP contribution in [0.4, 0.5) is 13.2 Å². The van der Waals surface area contributed by atoms with Gasteiger partial charge in [-0.2, -0.15) is 18.3 Å². The van der Waals surface area contributed by atoms with Crippen molar-refractivity contribution in [2.75, 3.05) is 0 Å². The van der Waals surface area contributed by atoms with Crippen LogP contribution < -0.4 is 5.43 Å². The summed E-state index contributed by atoms with van der Waals surface area (Å²) < 4.78 is 39.1. The summed E-state index contributed by atoms with van der Waals surface area (Å²) >= 11 is 0. The summed E-state index contributed by atoms with van der Waals surface area (Å²) in [4.78, 5) is 16.6. The van der Waals surface area contributed by atoms with Crippen LogP contribution in [0.1, 0.15) is 27.3 Å². The van der Waals surface area contributed by atoms with Gasteiger partial charge >= 0.3 is 6.18 Å². The Morgan fingerprint density at radius 2 is 1.92 bits per heavy atom. The van der Waals surface area contributed by atoms with E-state index in [0.29, 0.717) is 22.6 Å². The maximum Gasteiger partial charge on any atom is 0.416 e. The molecule has 0 saturated heterocycles. The predicted molar refractivity (Wildman–Crippen MR) is 86.4 cm³/mol. The highest BCUT2D eigenvalue weighted by atomic mass is 19.4. The van der Waals surface area contributed by atoms with Crippen molar-refractivity contribution in [2.45, 2.75) is 13.1 Å². The highest BCUT2D eigenvalue weighted by Crippen LogP contribution is 2.28. The smallest absolute Gasteiger partial charge is 0.295 e. The van der Waals surface area contributed by atoms with Gasteiger partial charge in [0.2, 0.25) is 0 Å². The Hall–Kier alpha value is -3.16. The number of aromatic nitrogens is 2. The molecule has 3 rings (SSSR count). The molecule has 0 spiro atoms. The van der Waals surface area contributed by atoms with E-state index in [0.717, 1.165) is 12.1 Å². The first kappa shape index (κ1) is 16.7. The van der Waals surface area contributed by atoms with Crippen molar-refractivity contribution in [3.8, 4) is 0 Å². The molecule has 1 aromatic carbocycles. The Morgan fingerprint density at radius 3 is 2.60 bits per heavy atom. The number of carbonyl (C=O) groups is 1. The van der Waals surface area contributed by atoms with E-state index < -0.39 is 17.6 Å². The molecule has 0 atom stereocenters. The molecule has 0 aliphatic heterocycles. The van der Waals surface area contributed by atoms with E-state index in [1.54, 1.807) is 29.7 Å². The number of hydrazone groups is 1. The van der Waals surface area contributed by atoms with Crippen molar-refractivity contribution in [1.82, 2.24) is 14.8 Å². The molecule has 0 radical (unpaired) electrons. The molecular weight excluding hydrogens is 333 g/mol. The average molecular weight is 346 g/mol. The fraction of sp³-hybridized carbons (Fsp3) is 0.118. The van der Waals surface area contributed by atoms with Crippen molar-refractivity contribution in [2.24, 2.45) is 5.10 Å². The first-order valence-electron chi connectivity index (χ1n) is 7.30. The molecule has 25 heavy (non-hydrogen) atoms. The summed E-state index contributed by atoms with van der Waals surface area (Å²) in [7, 11) is 0. The summed E-state index contributed by atoms with van der Waals surface area (Å²) in [6.45, 7) is 1.71. The highest BCUT2D eigenvalue weighted by Gasteiger charge is 2.29. The number of rotatable bonds is 3. The monoisotopic (exact) mass is 346 g/mol. The van der Waals surface area contributed by atoms with Crippen molar-refractivity contribution in [3.63, 3.8) is 0 Å². The Labute approximate surface area is 140 Å². The minimum atomic E-state index is -4.38. The van der Waals surface area contributed by atoms with E-state index in [2.05, 4.69) is 15.5 Å². The molecule has 2 aromatic heterocycles. The largest absolute Gasteiger partial charge is 0.416 e. The van der Waals surface area contributed by atoms with Gasteiger partial charge < -0.3 is 0 Å². The third-order valence-corrected chi connectivity index (χ3v) is 3.54. The molecule has 0 bridgehead atoms. The summed E-state index contributed by atoms with van der Waals surface area (Å²) in [6, 6.07) is 9.82. The van der Waals surface area contributed by atoms with Crippen LogP contribution in [0.3, 0.4) is 0 Å². The Bertz CT molecular complexity index is 943. The molecule has 0 aliphatic carbocycles. The SMILES string of the molecule is Cc1nc2ccccn2c1C(=O)N/N=C/c1ccc(C(F)(F)F)cc1. The molecule has 2 heterocycles. The van der Waals surface area contributed by atoms with Gasteiger partial charge in [0.15, 0.2) is 0 Å². The number of pyridine rings is 1. The Morgan fingerprint density at radius 1 is 1.20 bits per heavy atom. The summed E-state index contributed by atoms with van der Waals surface area (Å²) in [5.41, 5.74) is 3.58. The van der Waals surface area contributed by atoms with E-state index >= 15 is 0 Å². The Balaban J connectivity index is 1.73. The zero-order chi connectivity index (χ0) is 18.0. The van der Waals surface area contributed by atoms with Gasteiger partial charge in [0.05, 0.1) is 17.5 Å². The number of amides is 1.